The Morgan fingerprint density at radius 2 is 1.94 bits per heavy atom. The molecule has 1 aromatic rings. The van der Waals surface area contributed by atoms with Crippen LogP contribution in [0.1, 0.15) is 24.8 Å². The Labute approximate surface area is 205 Å². The highest BCUT2D eigenvalue weighted by atomic mass is 127. The lowest BCUT2D eigenvalue weighted by Crippen LogP contribution is -2.47. The minimum absolute atomic E-state index is 0. The van der Waals surface area contributed by atoms with E-state index in [2.05, 4.69) is 56.6 Å². The van der Waals surface area contributed by atoms with Crippen molar-refractivity contribution in [2.24, 2.45) is 4.99 Å². The molecule has 0 spiro atoms. The van der Waals surface area contributed by atoms with Crippen LogP contribution >= 0.6 is 24.0 Å². The van der Waals surface area contributed by atoms with Gasteiger partial charge in [-0.25, -0.2) is 0 Å². The summed E-state index contributed by atoms with van der Waals surface area (Å²) in [6, 6.07) is 8.82. The largest absolute Gasteiger partial charge is 0.379 e. The molecule has 8 heteroatoms. The highest BCUT2D eigenvalue weighted by molar-refractivity contribution is 14.0. The van der Waals surface area contributed by atoms with Crippen molar-refractivity contribution in [2.45, 2.75) is 32.3 Å². The van der Waals surface area contributed by atoms with Crippen molar-refractivity contribution in [3.8, 4) is 0 Å². The molecule has 0 radical (unpaired) electrons. The zero-order valence-corrected chi connectivity index (χ0v) is 21.5. The van der Waals surface area contributed by atoms with Crippen LogP contribution in [-0.4, -0.2) is 89.6 Å². The van der Waals surface area contributed by atoms with E-state index >= 15 is 0 Å². The second kappa shape index (κ2) is 14.9. The molecule has 2 aliphatic heterocycles. The lowest BCUT2D eigenvalue weighted by Gasteiger charge is -2.36. The molecular formula is C23H40IN5O2. The van der Waals surface area contributed by atoms with Crippen molar-refractivity contribution < 1.29 is 9.47 Å². The molecule has 1 atom stereocenters. The summed E-state index contributed by atoms with van der Waals surface area (Å²) in [5.41, 5.74) is 2.69. The molecule has 2 fully saturated rings. The lowest BCUT2D eigenvalue weighted by molar-refractivity contribution is 0.0420. The molecule has 0 aliphatic carbocycles. The summed E-state index contributed by atoms with van der Waals surface area (Å²) >= 11 is 0. The fourth-order valence-corrected chi connectivity index (χ4v) is 3.96. The number of hydrogen-bond acceptors (Lipinski definition) is 5. The van der Waals surface area contributed by atoms with E-state index in [9.17, 15) is 0 Å². The van der Waals surface area contributed by atoms with Crippen LogP contribution in [0.15, 0.2) is 29.3 Å². The first-order chi connectivity index (χ1) is 14.7. The SMILES string of the molecule is CN=C(NCCCOC1CCOC1)NCCCN1CCN(c2cccc(C)c2)CC1.I. The molecule has 2 heterocycles. The fourth-order valence-electron chi connectivity index (χ4n) is 3.96. The summed E-state index contributed by atoms with van der Waals surface area (Å²) in [5, 5.41) is 6.79. The van der Waals surface area contributed by atoms with Gasteiger partial charge in [-0.1, -0.05) is 12.1 Å². The number of aryl methyl sites for hydroxylation is 1. The molecule has 2 aliphatic rings. The molecule has 1 aromatic carbocycles. The van der Waals surface area contributed by atoms with Gasteiger partial charge in [0.1, 0.15) is 0 Å². The van der Waals surface area contributed by atoms with E-state index < -0.39 is 0 Å². The normalized spacial score (nSPS) is 19.9. The molecule has 31 heavy (non-hydrogen) atoms. The third kappa shape index (κ3) is 9.51. The number of halogens is 1. The van der Waals surface area contributed by atoms with Crippen LogP contribution < -0.4 is 15.5 Å². The maximum atomic E-state index is 5.79. The monoisotopic (exact) mass is 545 g/mol. The number of anilines is 1. The number of ether oxygens (including phenoxy) is 2. The van der Waals surface area contributed by atoms with Gasteiger partial charge in [0.15, 0.2) is 5.96 Å². The summed E-state index contributed by atoms with van der Waals surface area (Å²) in [4.78, 5) is 9.37. The molecule has 7 nitrogen and oxygen atoms in total. The van der Waals surface area contributed by atoms with E-state index in [0.29, 0.717) is 6.10 Å². The summed E-state index contributed by atoms with van der Waals surface area (Å²) in [6.45, 7) is 11.9. The smallest absolute Gasteiger partial charge is 0.190 e. The van der Waals surface area contributed by atoms with Gasteiger partial charge in [-0.15, -0.1) is 24.0 Å². The number of piperazine rings is 1. The van der Waals surface area contributed by atoms with Crippen molar-refractivity contribution in [3.63, 3.8) is 0 Å². The third-order valence-corrected chi connectivity index (χ3v) is 5.76. The molecular weight excluding hydrogens is 505 g/mol. The lowest BCUT2D eigenvalue weighted by atomic mass is 10.2. The summed E-state index contributed by atoms with van der Waals surface area (Å²) in [7, 11) is 1.83. The van der Waals surface area contributed by atoms with Crippen molar-refractivity contribution in [1.82, 2.24) is 15.5 Å². The number of aliphatic imine (C=N–C) groups is 1. The van der Waals surface area contributed by atoms with Crippen LogP contribution in [-0.2, 0) is 9.47 Å². The number of rotatable bonds is 10. The topological polar surface area (TPSA) is 61.4 Å². The van der Waals surface area contributed by atoms with Crippen molar-refractivity contribution in [3.05, 3.63) is 29.8 Å². The number of hydrogen-bond donors (Lipinski definition) is 2. The molecule has 3 rings (SSSR count). The standard InChI is InChI=1S/C23H39N5O2.HI/c1-20-6-3-7-21(18-20)28-14-12-27(13-15-28)11-4-9-25-23(24-2)26-10-5-16-30-22-8-17-29-19-22;/h3,6-7,18,22H,4-5,8-17,19H2,1-2H3,(H2,24,25,26);1H. The van der Waals surface area contributed by atoms with Gasteiger partial charge in [0, 0.05) is 65.2 Å². The van der Waals surface area contributed by atoms with Gasteiger partial charge < -0.3 is 25.0 Å². The van der Waals surface area contributed by atoms with Crippen LogP contribution in [0.3, 0.4) is 0 Å². The molecule has 0 aromatic heterocycles. The van der Waals surface area contributed by atoms with E-state index in [1.807, 2.05) is 7.05 Å². The first-order valence-electron chi connectivity index (χ1n) is 11.4. The Bertz CT molecular complexity index is 647. The van der Waals surface area contributed by atoms with E-state index in [4.69, 9.17) is 9.47 Å². The number of nitrogens with zero attached hydrogens (tertiary/aromatic N) is 3. The first-order valence-corrected chi connectivity index (χ1v) is 11.4. The summed E-state index contributed by atoms with van der Waals surface area (Å²) in [5.74, 6) is 0.878. The molecule has 2 N–H and O–H groups in total. The van der Waals surface area contributed by atoms with Crippen LogP contribution in [0.5, 0.6) is 0 Å². The van der Waals surface area contributed by atoms with E-state index in [0.717, 1.165) is 90.9 Å². The Morgan fingerprint density at radius 1 is 1.16 bits per heavy atom. The highest BCUT2D eigenvalue weighted by Crippen LogP contribution is 2.17. The third-order valence-electron chi connectivity index (χ3n) is 5.76. The highest BCUT2D eigenvalue weighted by Gasteiger charge is 2.17. The van der Waals surface area contributed by atoms with Crippen LogP contribution in [0.4, 0.5) is 5.69 Å². The second-order valence-electron chi connectivity index (χ2n) is 8.16. The zero-order chi connectivity index (χ0) is 21.0. The molecule has 0 bridgehead atoms. The van der Waals surface area contributed by atoms with Crippen LogP contribution in [0.2, 0.25) is 0 Å². The molecule has 1 unspecified atom stereocenters. The van der Waals surface area contributed by atoms with Gasteiger partial charge in [-0.05, 0) is 50.4 Å². The minimum atomic E-state index is 0. The molecule has 0 saturated carbocycles. The summed E-state index contributed by atoms with van der Waals surface area (Å²) < 4.78 is 11.1. The van der Waals surface area contributed by atoms with E-state index in [-0.39, 0.29) is 24.0 Å². The van der Waals surface area contributed by atoms with Gasteiger partial charge in [0.05, 0.1) is 12.7 Å². The van der Waals surface area contributed by atoms with Crippen molar-refractivity contribution in [1.29, 1.82) is 0 Å². The van der Waals surface area contributed by atoms with Gasteiger partial charge in [0.2, 0.25) is 0 Å². The van der Waals surface area contributed by atoms with E-state index in [1.54, 1.807) is 0 Å². The van der Waals surface area contributed by atoms with Crippen LogP contribution in [0.25, 0.3) is 0 Å². The average Bonchev–Trinajstić information content (AvgIpc) is 3.29. The van der Waals surface area contributed by atoms with Crippen molar-refractivity contribution >= 4 is 35.6 Å². The maximum Gasteiger partial charge on any atom is 0.190 e. The molecule has 0 amide bonds. The quantitative estimate of drug-likeness (QED) is 0.204. The Kier molecular flexibility index (Phi) is 12.5. The number of guanidine groups is 1. The Hall–Kier alpha value is -1.10. The Morgan fingerprint density at radius 3 is 2.61 bits per heavy atom. The molecule has 2 saturated heterocycles. The van der Waals surface area contributed by atoms with Gasteiger partial charge >= 0.3 is 0 Å². The number of nitrogens with one attached hydrogen (secondary N) is 2. The second-order valence-corrected chi connectivity index (χ2v) is 8.16. The Balaban J connectivity index is 0.00000341. The van der Waals surface area contributed by atoms with Crippen molar-refractivity contribution in [2.75, 3.05) is 77.6 Å². The van der Waals surface area contributed by atoms with Gasteiger partial charge in [-0.3, -0.25) is 9.89 Å². The van der Waals surface area contributed by atoms with Gasteiger partial charge in [0.25, 0.3) is 0 Å². The molecule has 176 valence electrons. The fraction of sp³-hybridized carbons (Fsp3) is 0.696. The predicted octanol–water partition coefficient (Wildman–Crippen LogP) is 2.49. The minimum Gasteiger partial charge on any atom is -0.379 e. The average molecular weight is 546 g/mol. The maximum absolute atomic E-state index is 5.79. The number of benzene rings is 1. The van der Waals surface area contributed by atoms with Gasteiger partial charge in [-0.2, -0.15) is 0 Å². The predicted molar refractivity (Wildman–Crippen MR) is 139 cm³/mol. The van der Waals surface area contributed by atoms with E-state index in [1.165, 1.54) is 11.3 Å². The summed E-state index contributed by atoms with van der Waals surface area (Å²) in [6.07, 6.45) is 3.41. The zero-order valence-electron chi connectivity index (χ0n) is 19.1. The van der Waals surface area contributed by atoms with Crippen LogP contribution in [0, 0.1) is 6.92 Å². The first kappa shape index (κ1) is 26.2.